The zero-order valence-electron chi connectivity index (χ0n) is 5.80. The van der Waals surface area contributed by atoms with Crippen LogP contribution in [-0.2, 0) is 17.8 Å². The van der Waals surface area contributed by atoms with Crippen molar-refractivity contribution < 1.29 is 0 Å². The van der Waals surface area contributed by atoms with Crippen LogP contribution >= 0.6 is 11.3 Å². The first kappa shape index (κ1) is 6.45. The SMILES string of the molecule is NN1[C@@H]2N(Cc3cccs3)[S+]21. The molecule has 1 aromatic rings. The maximum Gasteiger partial charge on any atom is 0.365 e. The van der Waals surface area contributed by atoms with Crippen LogP contribution in [-0.4, -0.2) is 14.2 Å². The third kappa shape index (κ3) is 0.861. The maximum atomic E-state index is 5.54. The van der Waals surface area contributed by atoms with Gasteiger partial charge in [0.15, 0.2) is 0 Å². The zero-order chi connectivity index (χ0) is 7.42. The number of hydrazine groups is 1. The average molecular weight is 186 g/mol. The third-order valence-corrected chi connectivity index (χ3v) is 4.64. The Balaban J connectivity index is 1.63. The Hall–Kier alpha value is -0.0700. The van der Waals surface area contributed by atoms with Gasteiger partial charge >= 0.3 is 5.50 Å². The molecule has 0 saturated carbocycles. The Bertz CT molecular complexity index is 263. The van der Waals surface area contributed by atoms with Gasteiger partial charge in [0.25, 0.3) is 0 Å². The highest BCUT2D eigenvalue weighted by molar-refractivity contribution is 8.05. The fraction of sp³-hybridized carbons (Fsp3) is 0.333. The van der Waals surface area contributed by atoms with Crippen LogP contribution in [0.4, 0.5) is 0 Å². The van der Waals surface area contributed by atoms with Crippen LogP contribution in [0.3, 0.4) is 0 Å². The summed E-state index contributed by atoms with van der Waals surface area (Å²) in [7, 11) is 0. The van der Waals surface area contributed by atoms with Crippen LogP contribution in [0.25, 0.3) is 0 Å². The predicted octanol–water partition coefficient (Wildman–Crippen LogP) is 0.485. The normalized spacial score (nSPS) is 45.2. The summed E-state index contributed by atoms with van der Waals surface area (Å²) in [6.07, 6.45) is 0. The summed E-state index contributed by atoms with van der Waals surface area (Å²) in [6.45, 7) is 1.10. The zero-order valence-corrected chi connectivity index (χ0v) is 7.44. The van der Waals surface area contributed by atoms with Crippen LogP contribution < -0.4 is 5.84 Å². The van der Waals surface area contributed by atoms with Gasteiger partial charge in [0, 0.05) is 9.29 Å². The van der Waals surface area contributed by atoms with Crippen molar-refractivity contribution in [3.63, 3.8) is 0 Å². The van der Waals surface area contributed by atoms with Crippen molar-refractivity contribution in [1.29, 1.82) is 0 Å². The fourth-order valence-corrected chi connectivity index (χ4v) is 3.54. The molecular weight excluding hydrogens is 178 g/mol. The lowest BCUT2D eigenvalue weighted by Gasteiger charge is -1.95. The molecule has 0 radical (unpaired) electrons. The third-order valence-electron chi connectivity index (χ3n) is 1.91. The van der Waals surface area contributed by atoms with Crippen molar-refractivity contribution in [3.8, 4) is 0 Å². The van der Waals surface area contributed by atoms with E-state index in [-0.39, 0.29) is 0 Å². The molecule has 2 N–H and O–H groups in total. The van der Waals surface area contributed by atoms with Gasteiger partial charge in [-0.1, -0.05) is 6.07 Å². The summed E-state index contributed by atoms with van der Waals surface area (Å²) in [5, 5.41) is 2.12. The summed E-state index contributed by atoms with van der Waals surface area (Å²) >= 11 is 2.16. The van der Waals surface area contributed by atoms with Crippen molar-refractivity contribution in [1.82, 2.24) is 8.72 Å². The second-order valence-corrected chi connectivity index (χ2v) is 5.56. The number of rotatable bonds is 2. The van der Waals surface area contributed by atoms with Crippen molar-refractivity contribution >= 4 is 22.6 Å². The molecule has 1 aromatic heterocycles. The molecule has 3 unspecified atom stereocenters. The van der Waals surface area contributed by atoms with E-state index in [1.165, 1.54) is 4.88 Å². The van der Waals surface area contributed by atoms with Crippen LogP contribution in [0.1, 0.15) is 4.88 Å². The summed E-state index contributed by atoms with van der Waals surface area (Å²) in [6, 6.07) is 4.27. The summed E-state index contributed by atoms with van der Waals surface area (Å²) in [5.74, 6) is 5.54. The van der Waals surface area contributed by atoms with E-state index in [0.29, 0.717) is 16.8 Å². The van der Waals surface area contributed by atoms with E-state index in [9.17, 15) is 0 Å². The van der Waals surface area contributed by atoms with Crippen LogP contribution in [0.5, 0.6) is 0 Å². The molecule has 58 valence electrons. The Labute approximate surface area is 72.0 Å². The van der Waals surface area contributed by atoms with Gasteiger partial charge in [-0.2, -0.15) is 0 Å². The molecule has 2 fully saturated rings. The van der Waals surface area contributed by atoms with Crippen molar-refractivity contribution in [3.05, 3.63) is 22.4 Å². The number of fused-ring (bicyclic) bond motifs is 1. The van der Waals surface area contributed by atoms with E-state index >= 15 is 0 Å². The minimum Gasteiger partial charge on any atom is -0.218 e. The Morgan fingerprint density at radius 3 is 3.09 bits per heavy atom. The molecule has 0 amide bonds. The van der Waals surface area contributed by atoms with Gasteiger partial charge in [-0.05, 0) is 15.8 Å². The van der Waals surface area contributed by atoms with Gasteiger partial charge in [-0.15, -0.1) is 11.3 Å². The molecule has 2 aliphatic rings. The summed E-state index contributed by atoms with van der Waals surface area (Å²) in [5.41, 5.74) is 0.608. The van der Waals surface area contributed by atoms with Crippen molar-refractivity contribution in [2.24, 2.45) is 5.84 Å². The molecule has 2 saturated heterocycles. The Morgan fingerprint density at radius 2 is 2.55 bits per heavy atom. The predicted molar refractivity (Wildman–Crippen MR) is 47.0 cm³/mol. The first-order valence-electron chi connectivity index (χ1n) is 3.44. The van der Waals surface area contributed by atoms with E-state index in [1.807, 2.05) is 15.8 Å². The minimum atomic E-state index is 0.340. The molecule has 11 heavy (non-hydrogen) atoms. The number of thiophene rings is 1. The lowest BCUT2D eigenvalue weighted by Crippen LogP contribution is -2.28. The average Bonchev–Trinajstić information content (AvgIpc) is 2.78. The molecule has 2 aliphatic heterocycles. The lowest BCUT2D eigenvalue weighted by molar-refractivity contribution is 0.354. The highest BCUT2D eigenvalue weighted by Gasteiger charge is 2.90. The molecule has 3 rings (SSSR count). The van der Waals surface area contributed by atoms with Crippen molar-refractivity contribution in [2.45, 2.75) is 12.0 Å². The molecular formula is C6H8N3S2+. The van der Waals surface area contributed by atoms with E-state index in [0.717, 1.165) is 6.54 Å². The van der Waals surface area contributed by atoms with Gasteiger partial charge in [-0.25, -0.2) is 5.84 Å². The number of nitrogens with zero attached hydrogens (tertiary/aromatic N) is 2. The van der Waals surface area contributed by atoms with Gasteiger partial charge in [0.2, 0.25) is 11.3 Å². The standard InChI is InChI=1S/C6H8N3S2/c7-9-6-8(11(6)9)4-5-2-1-3-10-5/h1-3,6H,4,7H2/q+1/t6-,8?,9?,11?/m0/s1. The Kier molecular flexibility index (Phi) is 1.17. The first-order chi connectivity index (χ1) is 5.38. The van der Waals surface area contributed by atoms with Gasteiger partial charge < -0.3 is 0 Å². The highest BCUT2D eigenvalue weighted by Crippen LogP contribution is 2.54. The van der Waals surface area contributed by atoms with Crippen LogP contribution in [0, 0.1) is 0 Å². The number of hydrogen-bond acceptors (Lipinski definition) is 4. The molecule has 3 nitrogen and oxygen atoms in total. The van der Waals surface area contributed by atoms with E-state index in [2.05, 4.69) is 21.8 Å². The lowest BCUT2D eigenvalue weighted by atomic mass is 10.5. The molecule has 5 heteroatoms. The van der Waals surface area contributed by atoms with Gasteiger partial charge in [0.05, 0.1) is 6.54 Å². The topological polar surface area (TPSA) is 32.0 Å². The maximum absolute atomic E-state index is 5.54. The van der Waals surface area contributed by atoms with E-state index in [4.69, 9.17) is 5.84 Å². The molecule has 0 aromatic carbocycles. The smallest absolute Gasteiger partial charge is 0.218 e. The summed E-state index contributed by atoms with van der Waals surface area (Å²) < 4.78 is 4.32. The fourth-order valence-electron chi connectivity index (χ4n) is 1.22. The highest BCUT2D eigenvalue weighted by atomic mass is 32.2. The molecule has 0 bridgehead atoms. The monoisotopic (exact) mass is 186 g/mol. The minimum absolute atomic E-state index is 0.340. The first-order valence-corrected chi connectivity index (χ1v) is 5.52. The summed E-state index contributed by atoms with van der Waals surface area (Å²) in [4.78, 5) is 1.44. The van der Waals surface area contributed by atoms with E-state index < -0.39 is 0 Å². The molecule has 4 atom stereocenters. The Morgan fingerprint density at radius 1 is 1.73 bits per heavy atom. The molecule has 0 spiro atoms. The number of nitrogens with two attached hydrogens (primary N) is 1. The van der Waals surface area contributed by atoms with Gasteiger partial charge in [-0.3, -0.25) is 0 Å². The van der Waals surface area contributed by atoms with Crippen LogP contribution in [0.15, 0.2) is 17.5 Å². The second kappa shape index (κ2) is 1.99. The quantitative estimate of drug-likeness (QED) is 0.414. The molecule has 0 aliphatic carbocycles. The van der Waals surface area contributed by atoms with Crippen LogP contribution in [0.2, 0.25) is 0 Å². The molecule has 3 heterocycles. The van der Waals surface area contributed by atoms with Crippen molar-refractivity contribution in [2.75, 3.05) is 0 Å². The van der Waals surface area contributed by atoms with Gasteiger partial charge in [0.1, 0.15) is 0 Å². The largest absolute Gasteiger partial charge is 0.365 e. The van der Waals surface area contributed by atoms with E-state index in [1.54, 1.807) is 0 Å². The number of hydrogen-bond donors (Lipinski definition) is 1. The second-order valence-electron chi connectivity index (χ2n) is 2.63.